The molecule has 2 amide bonds. The third kappa shape index (κ3) is 2.28. The molecule has 0 aromatic carbocycles. The van der Waals surface area contributed by atoms with Gasteiger partial charge in [-0.1, -0.05) is 0 Å². The van der Waals surface area contributed by atoms with Gasteiger partial charge in [-0.2, -0.15) is 9.97 Å². The molecule has 19 heavy (non-hydrogen) atoms. The molecule has 8 heteroatoms. The molecule has 0 radical (unpaired) electrons. The van der Waals surface area contributed by atoms with Crippen molar-refractivity contribution in [2.45, 2.75) is 19.4 Å². The Hall–Kier alpha value is -2.38. The van der Waals surface area contributed by atoms with E-state index in [0.29, 0.717) is 11.6 Å². The Bertz CT molecular complexity index is 542. The highest BCUT2D eigenvalue weighted by atomic mass is 16.2. The number of anilines is 3. The van der Waals surface area contributed by atoms with Crippen LogP contribution in [-0.2, 0) is 9.59 Å². The summed E-state index contributed by atoms with van der Waals surface area (Å²) in [4.78, 5) is 33.1. The van der Waals surface area contributed by atoms with Gasteiger partial charge in [0.15, 0.2) is 0 Å². The average Bonchev–Trinajstić information content (AvgIpc) is 2.33. The summed E-state index contributed by atoms with van der Waals surface area (Å²) >= 11 is 0. The van der Waals surface area contributed by atoms with E-state index in [1.807, 2.05) is 0 Å². The van der Waals surface area contributed by atoms with Crippen molar-refractivity contribution in [3.8, 4) is 0 Å². The lowest BCUT2D eigenvalue weighted by Gasteiger charge is -2.40. The number of aromatic nitrogens is 2. The van der Waals surface area contributed by atoms with E-state index >= 15 is 0 Å². The molecule has 1 fully saturated rings. The maximum absolute atomic E-state index is 11.9. The number of amides is 2. The normalized spacial score (nSPS) is 18.2. The molecule has 8 nitrogen and oxygen atoms in total. The van der Waals surface area contributed by atoms with Crippen LogP contribution in [0, 0.1) is 0 Å². The summed E-state index contributed by atoms with van der Waals surface area (Å²) in [5, 5.41) is 5.16. The van der Waals surface area contributed by atoms with Gasteiger partial charge in [0.05, 0.1) is 6.54 Å². The summed E-state index contributed by atoms with van der Waals surface area (Å²) in [5.74, 6) is 0.303. The summed E-state index contributed by atoms with van der Waals surface area (Å²) in [6.45, 7) is 3.47. The first kappa shape index (κ1) is 13.1. The first-order valence-corrected chi connectivity index (χ1v) is 5.79. The molecule has 0 bridgehead atoms. The molecule has 1 saturated heterocycles. The number of rotatable bonds is 2. The van der Waals surface area contributed by atoms with E-state index in [9.17, 15) is 9.59 Å². The van der Waals surface area contributed by atoms with Crippen molar-refractivity contribution in [2.75, 3.05) is 29.5 Å². The Morgan fingerprint density at radius 1 is 1.42 bits per heavy atom. The maximum Gasteiger partial charge on any atom is 0.251 e. The third-order valence-corrected chi connectivity index (χ3v) is 3.05. The molecule has 1 aromatic heterocycles. The number of nitrogens with two attached hydrogens (primary N) is 1. The maximum atomic E-state index is 11.9. The topological polar surface area (TPSA) is 113 Å². The van der Waals surface area contributed by atoms with E-state index in [1.54, 1.807) is 31.9 Å². The molecule has 2 rings (SSSR count). The number of hydrogen-bond donors (Lipinski definition) is 3. The van der Waals surface area contributed by atoms with Crippen LogP contribution in [0.15, 0.2) is 6.07 Å². The second-order valence-corrected chi connectivity index (χ2v) is 4.74. The Morgan fingerprint density at radius 3 is 2.74 bits per heavy atom. The molecule has 0 atom stereocenters. The minimum Gasteiger partial charge on any atom is -0.373 e. The van der Waals surface area contributed by atoms with Crippen LogP contribution >= 0.6 is 0 Å². The van der Waals surface area contributed by atoms with Crippen molar-refractivity contribution in [3.63, 3.8) is 0 Å². The molecular formula is C11H16N6O2. The van der Waals surface area contributed by atoms with Crippen LogP contribution in [0.1, 0.15) is 13.8 Å². The Morgan fingerprint density at radius 2 is 2.11 bits per heavy atom. The van der Waals surface area contributed by atoms with E-state index in [4.69, 9.17) is 5.73 Å². The molecule has 0 unspecified atom stereocenters. The zero-order valence-electron chi connectivity index (χ0n) is 11.0. The molecule has 4 N–H and O–H groups in total. The lowest BCUT2D eigenvalue weighted by molar-refractivity contribution is -0.135. The number of carbonyl (C=O) groups excluding carboxylic acids is 2. The van der Waals surface area contributed by atoms with Gasteiger partial charge in [-0.15, -0.1) is 0 Å². The summed E-state index contributed by atoms with van der Waals surface area (Å²) in [7, 11) is 1.70. The summed E-state index contributed by atoms with van der Waals surface area (Å²) in [6.07, 6.45) is 0. The average molecular weight is 264 g/mol. The van der Waals surface area contributed by atoms with Crippen LogP contribution < -0.4 is 21.3 Å². The number of nitrogens with one attached hydrogen (secondary N) is 2. The van der Waals surface area contributed by atoms with E-state index in [1.165, 1.54) is 0 Å². The highest BCUT2D eigenvalue weighted by Crippen LogP contribution is 2.26. The number of hydrogen-bond acceptors (Lipinski definition) is 7. The van der Waals surface area contributed by atoms with Gasteiger partial charge in [-0.05, 0) is 13.8 Å². The van der Waals surface area contributed by atoms with Crippen LogP contribution in [-0.4, -0.2) is 40.9 Å². The van der Waals surface area contributed by atoms with Gasteiger partial charge < -0.3 is 16.0 Å². The van der Waals surface area contributed by atoms with Gasteiger partial charge in [0.2, 0.25) is 11.9 Å². The zero-order valence-corrected chi connectivity index (χ0v) is 11.0. The van der Waals surface area contributed by atoms with Crippen LogP contribution in [0.3, 0.4) is 0 Å². The Kier molecular flexibility index (Phi) is 3.01. The van der Waals surface area contributed by atoms with E-state index in [0.717, 1.165) is 0 Å². The van der Waals surface area contributed by atoms with Crippen LogP contribution in [0.25, 0.3) is 0 Å². The van der Waals surface area contributed by atoms with Crippen LogP contribution in [0.4, 0.5) is 17.6 Å². The number of nitrogen functional groups attached to an aromatic ring is 1. The number of piperazine rings is 1. The van der Waals surface area contributed by atoms with Crippen LogP contribution in [0.2, 0.25) is 0 Å². The van der Waals surface area contributed by atoms with E-state index < -0.39 is 5.54 Å². The van der Waals surface area contributed by atoms with Crippen LogP contribution in [0.5, 0.6) is 0 Å². The fraction of sp³-hybridized carbons (Fsp3) is 0.455. The zero-order chi connectivity index (χ0) is 14.2. The van der Waals surface area contributed by atoms with Crippen molar-refractivity contribution in [2.24, 2.45) is 0 Å². The van der Waals surface area contributed by atoms with Crippen molar-refractivity contribution in [3.05, 3.63) is 6.07 Å². The smallest absolute Gasteiger partial charge is 0.251 e. The van der Waals surface area contributed by atoms with Crippen molar-refractivity contribution < 1.29 is 9.59 Å². The van der Waals surface area contributed by atoms with Gasteiger partial charge in [-0.3, -0.25) is 14.9 Å². The SMILES string of the molecule is CNc1cc(N2CC(=O)NC(=O)C2(C)C)nc(N)n1. The van der Waals surface area contributed by atoms with Gasteiger partial charge in [0.25, 0.3) is 5.91 Å². The lowest BCUT2D eigenvalue weighted by Crippen LogP contribution is -2.64. The van der Waals surface area contributed by atoms with Crippen molar-refractivity contribution in [1.82, 2.24) is 15.3 Å². The largest absolute Gasteiger partial charge is 0.373 e. The first-order valence-electron chi connectivity index (χ1n) is 5.79. The number of carbonyl (C=O) groups is 2. The third-order valence-electron chi connectivity index (χ3n) is 3.05. The van der Waals surface area contributed by atoms with Gasteiger partial charge >= 0.3 is 0 Å². The minimum atomic E-state index is -0.889. The summed E-state index contributed by atoms with van der Waals surface area (Å²) < 4.78 is 0. The molecule has 1 aromatic rings. The molecule has 0 aliphatic carbocycles. The highest BCUT2D eigenvalue weighted by Gasteiger charge is 2.41. The highest BCUT2D eigenvalue weighted by molar-refractivity contribution is 6.06. The van der Waals surface area contributed by atoms with Gasteiger partial charge in [0.1, 0.15) is 17.2 Å². The predicted octanol–water partition coefficient (Wildman–Crippen LogP) is -0.658. The molecule has 0 saturated carbocycles. The van der Waals surface area contributed by atoms with Crippen molar-refractivity contribution in [1.29, 1.82) is 0 Å². The quantitative estimate of drug-likeness (QED) is 0.608. The fourth-order valence-corrected chi connectivity index (χ4v) is 1.87. The second kappa shape index (κ2) is 4.38. The molecular weight excluding hydrogens is 248 g/mol. The Labute approximate surface area is 110 Å². The summed E-state index contributed by atoms with van der Waals surface area (Å²) in [5.41, 5.74) is 4.74. The molecule has 102 valence electrons. The molecule has 0 spiro atoms. The van der Waals surface area contributed by atoms with Gasteiger partial charge in [-0.25, -0.2) is 0 Å². The lowest BCUT2D eigenvalue weighted by atomic mass is 9.99. The molecule has 2 heterocycles. The Balaban J connectivity index is 2.46. The monoisotopic (exact) mass is 264 g/mol. The second-order valence-electron chi connectivity index (χ2n) is 4.74. The van der Waals surface area contributed by atoms with Gasteiger partial charge in [0, 0.05) is 13.1 Å². The summed E-state index contributed by atoms with van der Waals surface area (Å²) in [6, 6.07) is 1.64. The van der Waals surface area contributed by atoms with E-state index in [-0.39, 0.29) is 24.3 Å². The number of imide groups is 1. The number of nitrogens with zero attached hydrogens (tertiary/aromatic N) is 3. The standard InChI is InChI=1S/C11H16N6O2/c1-11(2)9(19)16-8(18)5-17(11)7-4-6(13-3)14-10(12)15-7/h4H,5H2,1-3H3,(H,16,18,19)(H3,12,13,14,15). The minimum absolute atomic E-state index is 0.0400. The van der Waals surface area contributed by atoms with Crippen molar-refractivity contribution >= 4 is 29.4 Å². The first-order chi connectivity index (χ1) is 8.84. The predicted molar refractivity (Wildman–Crippen MR) is 70.6 cm³/mol. The molecule has 1 aliphatic heterocycles. The van der Waals surface area contributed by atoms with E-state index in [2.05, 4.69) is 20.6 Å². The molecule has 1 aliphatic rings. The fourth-order valence-electron chi connectivity index (χ4n) is 1.87.